The summed E-state index contributed by atoms with van der Waals surface area (Å²) in [6, 6.07) is 20.2. The van der Waals surface area contributed by atoms with Gasteiger partial charge in [-0.05, 0) is 45.7 Å². The quantitative estimate of drug-likeness (QED) is 0.252. The number of benzene rings is 3. The van der Waals surface area contributed by atoms with Gasteiger partial charge in [0.1, 0.15) is 5.01 Å². The summed E-state index contributed by atoms with van der Waals surface area (Å²) in [7, 11) is 0. The number of rotatable bonds is 8. The molecule has 0 saturated carbocycles. The Labute approximate surface area is 231 Å². The number of hydrogen-bond donors (Lipinski definition) is 1. The molecule has 0 aliphatic carbocycles. The van der Waals surface area contributed by atoms with Crippen LogP contribution in [0.25, 0.3) is 22.5 Å². The van der Waals surface area contributed by atoms with Gasteiger partial charge in [0.15, 0.2) is 5.82 Å². The van der Waals surface area contributed by atoms with Crippen molar-refractivity contribution in [1.82, 2.24) is 30.4 Å². The third-order valence-corrected chi connectivity index (χ3v) is 7.20. The van der Waals surface area contributed by atoms with Crippen LogP contribution in [0, 0.1) is 0 Å². The fourth-order valence-electron chi connectivity index (χ4n) is 4.21. The van der Waals surface area contributed by atoms with Crippen molar-refractivity contribution in [3.05, 3.63) is 99.3 Å². The maximum Gasteiger partial charge on any atom is 0.417 e. The van der Waals surface area contributed by atoms with Crippen LogP contribution < -0.4 is 4.80 Å². The lowest BCUT2D eigenvalue weighted by Crippen LogP contribution is -2.20. The van der Waals surface area contributed by atoms with E-state index in [0.717, 1.165) is 52.2 Å². The first-order valence-electron chi connectivity index (χ1n) is 12.6. The average molecular weight is 564 g/mol. The van der Waals surface area contributed by atoms with E-state index in [9.17, 15) is 18.0 Å². The zero-order valence-corrected chi connectivity index (χ0v) is 22.2. The van der Waals surface area contributed by atoms with E-state index < -0.39 is 23.2 Å². The molecule has 40 heavy (non-hydrogen) atoms. The number of aromatic amines is 1. The molecule has 0 aliphatic rings. The third-order valence-electron chi connectivity index (χ3n) is 6.19. The first-order chi connectivity index (χ1) is 19.3. The Hall–Kier alpha value is -4.45. The van der Waals surface area contributed by atoms with Gasteiger partial charge in [-0.2, -0.15) is 23.3 Å². The highest BCUT2D eigenvalue weighted by molar-refractivity contribution is 7.08. The largest absolute Gasteiger partial charge is 0.417 e. The molecule has 5 aromatic rings. The second-order valence-corrected chi connectivity index (χ2v) is 10.0. The van der Waals surface area contributed by atoms with E-state index in [1.54, 1.807) is 4.68 Å². The zero-order chi connectivity index (χ0) is 28.1. The lowest BCUT2D eigenvalue weighted by atomic mass is 9.98. The van der Waals surface area contributed by atoms with Crippen molar-refractivity contribution >= 4 is 17.2 Å². The summed E-state index contributed by atoms with van der Waals surface area (Å²) in [6.07, 6.45) is -2.12. The number of H-pyrrole nitrogens is 1. The Morgan fingerprint density at radius 2 is 1.73 bits per heavy atom. The number of carbonyl (C=O) groups excluding carboxylic acids is 1. The number of alkyl halides is 3. The highest BCUT2D eigenvalue weighted by Gasteiger charge is 2.34. The van der Waals surface area contributed by atoms with Crippen molar-refractivity contribution in [2.45, 2.75) is 38.9 Å². The highest BCUT2D eigenvalue weighted by Crippen LogP contribution is 2.32. The molecule has 0 bridgehead atoms. The van der Waals surface area contributed by atoms with Crippen LogP contribution in [-0.4, -0.2) is 36.3 Å². The smallest absolute Gasteiger partial charge is 0.267 e. The summed E-state index contributed by atoms with van der Waals surface area (Å²) in [5.74, 6) is -0.401. The molecule has 3 aromatic carbocycles. The molecular weight excluding hydrogens is 539 g/mol. The van der Waals surface area contributed by atoms with Gasteiger partial charge in [0.05, 0.1) is 17.7 Å². The molecule has 5 rings (SSSR count). The fraction of sp³-hybridized carbons (Fsp3) is 0.214. The average Bonchev–Trinajstić information content (AvgIpc) is 3.62. The molecule has 0 saturated heterocycles. The van der Waals surface area contributed by atoms with Crippen molar-refractivity contribution in [2.24, 2.45) is 4.99 Å². The summed E-state index contributed by atoms with van der Waals surface area (Å²) < 4.78 is 42.1. The minimum absolute atomic E-state index is 0.250. The second kappa shape index (κ2) is 11.7. The standard InChI is InChI=1S/C28H24F3N7OS/c1-2-3-12-24-35-38(27(40-24)32-26(39)22-10-6-7-11-23(22)28(29,30)31)17-18-13-15-19(16-14-18)20-8-4-5-9-21(20)25-33-36-37-34-25/h4-11,13-16H,2-3,12,17H2,1H3,(H,33,34,36,37). The Bertz CT molecular complexity index is 1670. The molecule has 0 radical (unpaired) electrons. The molecule has 0 unspecified atom stereocenters. The molecule has 204 valence electrons. The van der Waals surface area contributed by atoms with Gasteiger partial charge in [-0.15, -0.1) is 5.10 Å². The Kier molecular flexibility index (Phi) is 7.96. The van der Waals surface area contributed by atoms with Crippen molar-refractivity contribution in [3.8, 4) is 22.5 Å². The molecule has 2 heterocycles. The molecule has 1 N–H and O–H groups in total. The van der Waals surface area contributed by atoms with Crippen LogP contribution in [0.2, 0.25) is 0 Å². The van der Waals surface area contributed by atoms with Crippen LogP contribution in [-0.2, 0) is 19.1 Å². The highest BCUT2D eigenvalue weighted by atomic mass is 32.1. The first kappa shape index (κ1) is 27.1. The van der Waals surface area contributed by atoms with E-state index in [0.29, 0.717) is 18.8 Å². The lowest BCUT2D eigenvalue weighted by Gasteiger charge is -2.10. The summed E-state index contributed by atoms with van der Waals surface area (Å²) in [6.45, 7) is 2.35. The van der Waals surface area contributed by atoms with Gasteiger partial charge in [0.25, 0.3) is 5.91 Å². The van der Waals surface area contributed by atoms with Gasteiger partial charge >= 0.3 is 6.18 Å². The normalized spacial score (nSPS) is 12.2. The minimum atomic E-state index is -4.66. The summed E-state index contributed by atoms with van der Waals surface area (Å²) in [4.78, 5) is 17.3. The fourth-order valence-corrected chi connectivity index (χ4v) is 5.15. The molecule has 1 amide bonds. The van der Waals surface area contributed by atoms with E-state index in [2.05, 4.69) is 37.6 Å². The number of carbonyl (C=O) groups is 1. The maximum atomic E-state index is 13.5. The molecule has 0 spiro atoms. The Morgan fingerprint density at radius 3 is 2.42 bits per heavy atom. The lowest BCUT2D eigenvalue weighted by molar-refractivity contribution is -0.137. The van der Waals surface area contributed by atoms with Gasteiger partial charge in [0, 0.05) is 12.0 Å². The van der Waals surface area contributed by atoms with Crippen LogP contribution >= 0.6 is 11.3 Å². The van der Waals surface area contributed by atoms with Gasteiger partial charge in [-0.3, -0.25) is 4.79 Å². The molecule has 0 fully saturated rings. The van der Waals surface area contributed by atoms with Crippen molar-refractivity contribution < 1.29 is 18.0 Å². The molecule has 8 nitrogen and oxygen atoms in total. The predicted molar refractivity (Wildman–Crippen MR) is 144 cm³/mol. The first-order valence-corrected chi connectivity index (χ1v) is 13.4. The van der Waals surface area contributed by atoms with Crippen molar-refractivity contribution in [1.29, 1.82) is 0 Å². The van der Waals surface area contributed by atoms with E-state index >= 15 is 0 Å². The van der Waals surface area contributed by atoms with Gasteiger partial charge in [0.2, 0.25) is 4.80 Å². The monoisotopic (exact) mass is 563 g/mol. The van der Waals surface area contributed by atoms with Crippen LogP contribution in [0.5, 0.6) is 0 Å². The van der Waals surface area contributed by atoms with Crippen molar-refractivity contribution in [3.63, 3.8) is 0 Å². The second-order valence-electron chi connectivity index (χ2n) is 8.99. The number of aryl methyl sites for hydroxylation is 1. The number of nitrogens with zero attached hydrogens (tertiary/aromatic N) is 6. The van der Waals surface area contributed by atoms with Crippen LogP contribution in [0.3, 0.4) is 0 Å². The van der Waals surface area contributed by atoms with Gasteiger partial charge in [-0.1, -0.05) is 85.3 Å². The van der Waals surface area contributed by atoms with E-state index in [1.807, 2.05) is 48.5 Å². The SMILES string of the molecule is CCCCc1nn(Cc2ccc(-c3ccccc3-c3nnn[nH]3)cc2)c(=NC(=O)c2ccccc2C(F)(F)F)s1. The third kappa shape index (κ3) is 6.07. The number of hydrogen-bond acceptors (Lipinski definition) is 6. The molecule has 0 atom stereocenters. The molecular formula is C28H24F3N7OS. The number of tetrazole rings is 1. The van der Waals surface area contributed by atoms with Gasteiger partial charge < -0.3 is 0 Å². The molecule has 12 heteroatoms. The van der Waals surface area contributed by atoms with E-state index in [4.69, 9.17) is 0 Å². The minimum Gasteiger partial charge on any atom is -0.267 e. The van der Waals surface area contributed by atoms with Crippen LogP contribution in [0.4, 0.5) is 13.2 Å². The van der Waals surface area contributed by atoms with Crippen molar-refractivity contribution in [2.75, 3.05) is 0 Å². The Balaban J connectivity index is 1.46. The summed E-state index contributed by atoms with van der Waals surface area (Å²) in [5, 5.41) is 19.5. The number of halogens is 3. The number of nitrogens with one attached hydrogen (secondary N) is 1. The van der Waals surface area contributed by atoms with Crippen LogP contribution in [0.15, 0.2) is 77.8 Å². The molecule has 2 aromatic heterocycles. The van der Waals surface area contributed by atoms with Crippen LogP contribution in [0.1, 0.15) is 46.3 Å². The number of aromatic nitrogens is 6. The zero-order valence-electron chi connectivity index (χ0n) is 21.4. The predicted octanol–water partition coefficient (Wildman–Crippen LogP) is 5.94. The topological polar surface area (TPSA) is 102 Å². The number of unbranched alkanes of at least 4 members (excludes halogenated alkanes) is 1. The van der Waals surface area contributed by atoms with E-state index in [-0.39, 0.29) is 4.80 Å². The van der Waals surface area contributed by atoms with E-state index in [1.165, 1.54) is 23.5 Å². The maximum absolute atomic E-state index is 13.5. The number of amides is 1. The summed E-state index contributed by atoms with van der Waals surface area (Å²) >= 11 is 1.22. The molecule has 0 aliphatic heterocycles. The summed E-state index contributed by atoms with van der Waals surface area (Å²) in [5.41, 5.74) is 2.14. The Morgan fingerprint density at radius 1 is 1.00 bits per heavy atom. The van der Waals surface area contributed by atoms with Gasteiger partial charge in [-0.25, -0.2) is 9.78 Å².